The normalized spacial score (nSPS) is 16.0. The van der Waals surface area contributed by atoms with Crippen molar-refractivity contribution in [3.63, 3.8) is 0 Å². The number of hydrogen-bond acceptors (Lipinski definition) is 5. The molecule has 2 aromatic carbocycles. The van der Waals surface area contributed by atoms with Crippen LogP contribution in [-0.2, 0) is 16.1 Å². The fraction of sp³-hybridized carbons (Fsp3) is 0.286. The maximum atomic E-state index is 13.3. The summed E-state index contributed by atoms with van der Waals surface area (Å²) in [5, 5.41) is 12.1. The Morgan fingerprint density at radius 2 is 1.97 bits per heavy atom. The summed E-state index contributed by atoms with van der Waals surface area (Å²) in [6, 6.07) is 13.6. The number of aromatic nitrogens is 3. The van der Waals surface area contributed by atoms with Crippen molar-refractivity contribution in [2.45, 2.75) is 30.6 Å². The molecule has 1 amide bonds. The molecule has 0 spiro atoms. The van der Waals surface area contributed by atoms with Crippen LogP contribution in [0.15, 0.2) is 58.2 Å². The van der Waals surface area contributed by atoms with Crippen molar-refractivity contribution < 1.29 is 13.9 Å². The molecule has 156 valence electrons. The molecule has 1 aliphatic heterocycles. The number of anilines is 1. The van der Waals surface area contributed by atoms with Gasteiger partial charge in [0.25, 0.3) is 0 Å². The Morgan fingerprint density at radius 3 is 2.67 bits per heavy atom. The highest BCUT2D eigenvalue weighted by molar-refractivity contribution is 9.10. The average molecular weight is 491 g/mol. The number of halogens is 2. The molecule has 1 atom stereocenters. The maximum Gasteiger partial charge on any atom is 0.234 e. The summed E-state index contributed by atoms with van der Waals surface area (Å²) in [5.41, 5.74) is 1.50. The predicted molar refractivity (Wildman–Crippen MR) is 118 cm³/mol. The van der Waals surface area contributed by atoms with Crippen LogP contribution in [0.25, 0.3) is 11.4 Å². The lowest BCUT2D eigenvalue weighted by atomic mass is 10.2. The molecule has 9 heteroatoms. The summed E-state index contributed by atoms with van der Waals surface area (Å²) in [6.07, 6.45) is 2.07. The zero-order valence-corrected chi connectivity index (χ0v) is 18.5. The molecule has 0 bridgehead atoms. The number of benzene rings is 2. The predicted octanol–water partition coefficient (Wildman–Crippen LogP) is 4.76. The Labute approximate surface area is 186 Å². The van der Waals surface area contributed by atoms with Crippen molar-refractivity contribution in [3.8, 4) is 11.4 Å². The summed E-state index contributed by atoms with van der Waals surface area (Å²) in [7, 11) is 0. The van der Waals surface area contributed by atoms with Crippen molar-refractivity contribution in [1.82, 2.24) is 14.8 Å². The number of rotatable bonds is 7. The third-order valence-electron chi connectivity index (χ3n) is 4.69. The first kappa shape index (κ1) is 21.0. The smallest absolute Gasteiger partial charge is 0.234 e. The number of hydrogen-bond donors (Lipinski definition) is 1. The molecular formula is C21H20BrFN4O2S. The second-order valence-corrected chi connectivity index (χ2v) is 8.76. The monoisotopic (exact) mass is 490 g/mol. The number of thioether (sulfide) groups is 1. The van der Waals surface area contributed by atoms with Crippen LogP contribution in [0.4, 0.5) is 10.1 Å². The van der Waals surface area contributed by atoms with Crippen molar-refractivity contribution in [1.29, 1.82) is 0 Å². The van der Waals surface area contributed by atoms with Gasteiger partial charge in [0.05, 0.1) is 18.4 Å². The van der Waals surface area contributed by atoms with E-state index >= 15 is 0 Å². The minimum absolute atomic E-state index is 0.0798. The Bertz CT molecular complexity index is 1000. The minimum atomic E-state index is -0.303. The minimum Gasteiger partial charge on any atom is -0.376 e. The van der Waals surface area contributed by atoms with Crippen molar-refractivity contribution in [2.24, 2.45) is 0 Å². The summed E-state index contributed by atoms with van der Waals surface area (Å²) in [5.74, 6) is 0.408. The molecule has 6 nitrogen and oxygen atoms in total. The molecule has 2 heterocycles. The van der Waals surface area contributed by atoms with Gasteiger partial charge < -0.3 is 10.1 Å². The molecule has 0 unspecified atom stereocenters. The van der Waals surface area contributed by atoms with E-state index < -0.39 is 0 Å². The molecule has 0 radical (unpaired) electrons. The van der Waals surface area contributed by atoms with E-state index in [0.717, 1.165) is 35.2 Å². The maximum absolute atomic E-state index is 13.3. The van der Waals surface area contributed by atoms with E-state index in [1.54, 1.807) is 12.1 Å². The summed E-state index contributed by atoms with van der Waals surface area (Å²) >= 11 is 4.69. The number of carbonyl (C=O) groups is 1. The lowest BCUT2D eigenvalue weighted by Crippen LogP contribution is -2.18. The van der Waals surface area contributed by atoms with Crippen LogP contribution < -0.4 is 5.32 Å². The standard InChI is InChI=1S/C21H20BrFN4O2S/c22-15-5-9-17(10-6-15)24-19(28)13-30-21-26-25-20(14-3-7-16(23)8-4-14)27(21)12-18-2-1-11-29-18/h3-10,18H,1-2,11-13H2,(H,24,28)/t18-/m1/s1. The number of carbonyl (C=O) groups excluding carboxylic acids is 1. The Morgan fingerprint density at radius 1 is 1.20 bits per heavy atom. The molecule has 1 saturated heterocycles. The zero-order chi connectivity index (χ0) is 20.9. The third-order valence-corrected chi connectivity index (χ3v) is 6.19. The van der Waals surface area contributed by atoms with Gasteiger partial charge in [-0.25, -0.2) is 4.39 Å². The third kappa shape index (κ3) is 5.27. The topological polar surface area (TPSA) is 69.0 Å². The van der Waals surface area contributed by atoms with E-state index in [1.165, 1.54) is 23.9 Å². The lowest BCUT2D eigenvalue weighted by molar-refractivity contribution is -0.113. The van der Waals surface area contributed by atoms with Gasteiger partial charge in [0, 0.05) is 22.3 Å². The van der Waals surface area contributed by atoms with E-state index in [-0.39, 0.29) is 23.6 Å². The average Bonchev–Trinajstić information content (AvgIpc) is 3.39. The number of nitrogens with one attached hydrogen (secondary N) is 1. The van der Waals surface area contributed by atoms with Gasteiger partial charge in [-0.3, -0.25) is 9.36 Å². The highest BCUT2D eigenvalue weighted by Crippen LogP contribution is 2.27. The van der Waals surface area contributed by atoms with E-state index in [0.29, 0.717) is 17.5 Å². The highest BCUT2D eigenvalue weighted by Gasteiger charge is 2.22. The fourth-order valence-electron chi connectivity index (χ4n) is 3.22. The van der Waals surface area contributed by atoms with Crippen LogP contribution in [0.2, 0.25) is 0 Å². The van der Waals surface area contributed by atoms with Crippen molar-refractivity contribution in [2.75, 3.05) is 17.7 Å². The lowest BCUT2D eigenvalue weighted by Gasteiger charge is -2.14. The Hall–Kier alpha value is -2.23. The molecule has 1 aromatic heterocycles. The number of ether oxygens (including phenoxy) is 1. The fourth-order valence-corrected chi connectivity index (χ4v) is 4.24. The van der Waals surface area contributed by atoms with E-state index in [9.17, 15) is 9.18 Å². The molecular weight excluding hydrogens is 471 g/mol. The second-order valence-electron chi connectivity index (χ2n) is 6.90. The first-order valence-corrected chi connectivity index (χ1v) is 11.4. The summed E-state index contributed by atoms with van der Waals surface area (Å²) in [4.78, 5) is 12.4. The molecule has 0 aliphatic carbocycles. The van der Waals surface area contributed by atoms with Gasteiger partial charge in [-0.2, -0.15) is 0 Å². The first-order valence-electron chi connectivity index (χ1n) is 9.57. The largest absolute Gasteiger partial charge is 0.376 e. The van der Waals surface area contributed by atoms with Crippen molar-refractivity contribution in [3.05, 3.63) is 58.8 Å². The molecule has 1 fully saturated rings. The van der Waals surface area contributed by atoms with E-state index in [2.05, 4.69) is 31.4 Å². The highest BCUT2D eigenvalue weighted by atomic mass is 79.9. The molecule has 0 saturated carbocycles. The molecule has 1 N–H and O–H groups in total. The summed E-state index contributed by atoms with van der Waals surface area (Å²) < 4.78 is 22.0. The summed E-state index contributed by atoms with van der Waals surface area (Å²) in [6.45, 7) is 1.34. The Balaban J connectivity index is 1.49. The molecule has 3 aromatic rings. The van der Waals surface area contributed by atoms with Crippen LogP contribution in [0.5, 0.6) is 0 Å². The van der Waals surface area contributed by atoms with Gasteiger partial charge in [-0.05, 0) is 61.4 Å². The van der Waals surface area contributed by atoms with Crippen LogP contribution in [-0.4, -0.2) is 39.1 Å². The number of nitrogens with zero attached hydrogens (tertiary/aromatic N) is 3. The quantitative estimate of drug-likeness (QED) is 0.483. The van der Waals surface area contributed by atoms with E-state index in [1.807, 2.05) is 28.8 Å². The first-order chi connectivity index (χ1) is 14.6. The molecule has 30 heavy (non-hydrogen) atoms. The van der Waals surface area contributed by atoms with Crippen LogP contribution in [0.3, 0.4) is 0 Å². The van der Waals surface area contributed by atoms with Crippen LogP contribution >= 0.6 is 27.7 Å². The number of amides is 1. The second kappa shape index (κ2) is 9.72. The van der Waals surface area contributed by atoms with Gasteiger partial charge in [0.2, 0.25) is 5.91 Å². The van der Waals surface area contributed by atoms with Gasteiger partial charge >= 0.3 is 0 Å². The van der Waals surface area contributed by atoms with Crippen LogP contribution in [0.1, 0.15) is 12.8 Å². The van der Waals surface area contributed by atoms with Gasteiger partial charge in [-0.1, -0.05) is 27.7 Å². The zero-order valence-electron chi connectivity index (χ0n) is 16.1. The Kier molecular flexibility index (Phi) is 6.81. The molecule has 1 aliphatic rings. The molecule has 4 rings (SSSR count). The van der Waals surface area contributed by atoms with Gasteiger partial charge in [0.1, 0.15) is 5.82 Å². The SMILES string of the molecule is O=C(CSc1nnc(-c2ccc(F)cc2)n1C[C@H]1CCCO1)Nc1ccc(Br)cc1. The van der Waals surface area contributed by atoms with E-state index in [4.69, 9.17) is 4.74 Å². The van der Waals surface area contributed by atoms with Gasteiger partial charge in [-0.15, -0.1) is 10.2 Å². The van der Waals surface area contributed by atoms with Crippen molar-refractivity contribution >= 4 is 39.3 Å². The van der Waals surface area contributed by atoms with Gasteiger partial charge in [0.15, 0.2) is 11.0 Å². The van der Waals surface area contributed by atoms with Crippen LogP contribution in [0, 0.1) is 5.82 Å².